The van der Waals surface area contributed by atoms with Crippen molar-refractivity contribution in [3.63, 3.8) is 0 Å². The van der Waals surface area contributed by atoms with Gasteiger partial charge in [0.15, 0.2) is 5.96 Å². The lowest BCUT2D eigenvalue weighted by Gasteiger charge is -2.34. The van der Waals surface area contributed by atoms with Crippen LogP contribution >= 0.6 is 0 Å². The number of ether oxygens (including phenoxy) is 1. The van der Waals surface area contributed by atoms with Gasteiger partial charge in [-0.1, -0.05) is 12.8 Å². The molecule has 126 valence electrons. The van der Waals surface area contributed by atoms with Crippen molar-refractivity contribution in [3.8, 4) is 0 Å². The summed E-state index contributed by atoms with van der Waals surface area (Å²) < 4.78 is 5.48. The predicted octanol–water partition coefficient (Wildman–Crippen LogP) is 1.45. The Labute approximate surface area is 134 Å². The highest BCUT2D eigenvalue weighted by Gasteiger charge is 2.24. The average molecular weight is 308 g/mol. The van der Waals surface area contributed by atoms with Crippen molar-refractivity contribution < 1.29 is 4.74 Å². The summed E-state index contributed by atoms with van der Waals surface area (Å²) in [6.07, 6.45) is 7.84. The van der Waals surface area contributed by atoms with Gasteiger partial charge in [0.25, 0.3) is 0 Å². The normalized spacial score (nSPS) is 28.0. The average Bonchev–Trinajstić information content (AvgIpc) is 3.23. The lowest BCUT2D eigenvalue weighted by molar-refractivity contribution is 0.150. The van der Waals surface area contributed by atoms with Crippen molar-refractivity contribution in [2.75, 3.05) is 46.4 Å². The number of piperidine rings is 1. The molecule has 2 aliphatic heterocycles. The Balaban J connectivity index is 1.31. The SMILES string of the molecule is CN=C(NCCC1CC1)NC1CCN(CC2CCOC2)CC1. The van der Waals surface area contributed by atoms with Crippen molar-refractivity contribution in [2.45, 2.75) is 44.6 Å². The number of rotatable bonds is 6. The molecule has 0 aromatic carbocycles. The molecule has 3 aliphatic rings. The Morgan fingerprint density at radius 1 is 1.14 bits per heavy atom. The molecule has 5 nitrogen and oxygen atoms in total. The standard InChI is InChI=1S/C17H32N4O/c1-18-17(19-8-4-14-2-3-14)20-16-5-9-21(10-6-16)12-15-7-11-22-13-15/h14-16H,2-13H2,1H3,(H2,18,19,20). The van der Waals surface area contributed by atoms with Gasteiger partial charge >= 0.3 is 0 Å². The molecule has 1 saturated carbocycles. The lowest BCUT2D eigenvalue weighted by Crippen LogP contribution is -2.49. The summed E-state index contributed by atoms with van der Waals surface area (Å²) in [6.45, 7) is 6.62. The Kier molecular flexibility index (Phi) is 5.96. The Morgan fingerprint density at radius 2 is 1.95 bits per heavy atom. The van der Waals surface area contributed by atoms with Crippen LogP contribution in [0.2, 0.25) is 0 Å². The van der Waals surface area contributed by atoms with Gasteiger partial charge in [0.05, 0.1) is 6.61 Å². The van der Waals surface area contributed by atoms with Gasteiger partial charge < -0.3 is 20.3 Å². The third-order valence-electron chi connectivity index (χ3n) is 5.23. The molecular weight excluding hydrogens is 276 g/mol. The highest BCUT2D eigenvalue weighted by Crippen LogP contribution is 2.31. The molecule has 2 saturated heterocycles. The molecule has 0 aromatic heterocycles. The van der Waals surface area contributed by atoms with E-state index in [0.717, 1.165) is 37.6 Å². The number of aliphatic imine (C=N–C) groups is 1. The van der Waals surface area contributed by atoms with Gasteiger partial charge in [0.1, 0.15) is 0 Å². The minimum absolute atomic E-state index is 0.572. The van der Waals surface area contributed by atoms with E-state index in [4.69, 9.17) is 4.74 Å². The molecule has 1 unspecified atom stereocenters. The van der Waals surface area contributed by atoms with E-state index in [1.165, 1.54) is 58.2 Å². The second kappa shape index (κ2) is 8.16. The molecule has 5 heteroatoms. The number of guanidine groups is 1. The first-order valence-electron chi connectivity index (χ1n) is 9.11. The monoisotopic (exact) mass is 308 g/mol. The van der Waals surface area contributed by atoms with Crippen LogP contribution in [0.15, 0.2) is 4.99 Å². The van der Waals surface area contributed by atoms with Crippen molar-refractivity contribution in [1.82, 2.24) is 15.5 Å². The molecule has 1 aliphatic carbocycles. The summed E-state index contributed by atoms with van der Waals surface area (Å²) in [4.78, 5) is 6.98. The minimum atomic E-state index is 0.572. The minimum Gasteiger partial charge on any atom is -0.381 e. The molecule has 3 fully saturated rings. The molecule has 0 radical (unpaired) electrons. The zero-order chi connectivity index (χ0) is 15.2. The van der Waals surface area contributed by atoms with E-state index in [0.29, 0.717) is 6.04 Å². The first kappa shape index (κ1) is 16.1. The van der Waals surface area contributed by atoms with E-state index in [9.17, 15) is 0 Å². The number of hydrogen-bond donors (Lipinski definition) is 2. The largest absolute Gasteiger partial charge is 0.381 e. The van der Waals surface area contributed by atoms with Crippen LogP contribution in [-0.2, 0) is 4.74 Å². The Morgan fingerprint density at radius 3 is 2.59 bits per heavy atom. The zero-order valence-electron chi connectivity index (χ0n) is 14.0. The molecule has 0 aromatic rings. The van der Waals surface area contributed by atoms with E-state index in [2.05, 4.69) is 20.5 Å². The summed E-state index contributed by atoms with van der Waals surface area (Å²) in [5.74, 6) is 2.73. The fourth-order valence-corrected chi connectivity index (χ4v) is 3.54. The van der Waals surface area contributed by atoms with Crippen LogP contribution in [0.1, 0.15) is 38.5 Å². The van der Waals surface area contributed by atoms with Crippen LogP contribution in [0.4, 0.5) is 0 Å². The predicted molar refractivity (Wildman–Crippen MR) is 90.2 cm³/mol. The molecule has 1 atom stereocenters. The van der Waals surface area contributed by atoms with Crippen LogP contribution in [0.5, 0.6) is 0 Å². The quantitative estimate of drug-likeness (QED) is 0.576. The number of likely N-dealkylation sites (tertiary alicyclic amines) is 1. The second-order valence-corrected chi connectivity index (χ2v) is 7.18. The van der Waals surface area contributed by atoms with E-state index in [1.54, 1.807) is 0 Å². The molecule has 22 heavy (non-hydrogen) atoms. The molecule has 0 amide bonds. The van der Waals surface area contributed by atoms with Crippen molar-refractivity contribution >= 4 is 5.96 Å². The van der Waals surface area contributed by atoms with E-state index in [-0.39, 0.29) is 0 Å². The fourth-order valence-electron chi connectivity index (χ4n) is 3.54. The fraction of sp³-hybridized carbons (Fsp3) is 0.941. The van der Waals surface area contributed by atoms with Gasteiger partial charge in [0.2, 0.25) is 0 Å². The highest BCUT2D eigenvalue weighted by atomic mass is 16.5. The van der Waals surface area contributed by atoms with E-state index >= 15 is 0 Å². The molecule has 2 heterocycles. The van der Waals surface area contributed by atoms with Crippen molar-refractivity contribution in [1.29, 1.82) is 0 Å². The summed E-state index contributed by atoms with van der Waals surface area (Å²) in [6, 6.07) is 0.572. The highest BCUT2D eigenvalue weighted by molar-refractivity contribution is 5.79. The zero-order valence-corrected chi connectivity index (χ0v) is 14.0. The maximum absolute atomic E-state index is 5.48. The number of nitrogens with one attached hydrogen (secondary N) is 2. The number of nitrogens with zero attached hydrogens (tertiary/aromatic N) is 2. The second-order valence-electron chi connectivity index (χ2n) is 7.18. The van der Waals surface area contributed by atoms with Gasteiger partial charge in [-0.3, -0.25) is 4.99 Å². The maximum Gasteiger partial charge on any atom is 0.191 e. The first-order valence-corrected chi connectivity index (χ1v) is 9.11. The first-order chi connectivity index (χ1) is 10.8. The van der Waals surface area contributed by atoms with Gasteiger partial charge in [-0.25, -0.2) is 0 Å². The van der Waals surface area contributed by atoms with Crippen LogP contribution < -0.4 is 10.6 Å². The third kappa shape index (κ3) is 5.13. The summed E-state index contributed by atoms with van der Waals surface area (Å²) in [7, 11) is 1.88. The van der Waals surface area contributed by atoms with Crippen LogP contribution in [0, 0.1) is 11.8 Å². The van der Waals surface area contributed by atoms with Gasteiger partial charge in [-0.2, -0.15) is 0 Å². The molecule has 0 spiro atoms. The smallest absolute Gasteiger partial charge is 0.191 e. The number of hydrogen-bond acceptors (Lipinski definition) is 3. The third-order valence-corrected chi connectivity index (χ3v) is 5.23. The van der Waals surface area contributed by atoms with Crippen LogP contribution in [0.25, 0.3) is 0 Å². The molecular formula is C17H32N4O. The Bertz CT molecular complexity index is 356. The van der Waals surface area contributed by atoms with Gasteiger partial charge in [-0.15, -0.1) is 0 Å². The lowest BCUT2D eigenvalue weighted by atomic mass is 10.0. The summed E-state index contributed by atoms with van der Waals surface area (Å²) in [5, 5.41) is 7.07. The molecule has 3 rings (SSSR count). The molecule has 0 bridgehead atoms. The van der Waals surface area contributed by atoms with E-state index in [1.807, 2.05) is 7.05 Å². The maximum atomic E-state index is 5.48. The van der Waals surface area contributed by atoms with E-state index < -0.39 is 0 Å². The van der Waals surface area contributed by atoms with Crippen LogP contribution in [-0.4, -0.2) is 63.3 Å². The summed E-state index contributed by atoms with van der Waals surface area (Å²) in [5.41, 5.74) is 0. The van der Waals surface area contributed by atoms with Crippen molar-refractivity contribution in [3.05, 3.63) is 0 Å². The van der Waals surface area contributed by atoms with Crippen molar-refractivity contribution in [2.24, 2.45) is 16.8 Å². The van der Waals surface area contributed by atoms with Gasteiger partial charge in [-0.05, 0) is 37.5 Å². The Hall–Kier alpha value is -0.810. The van der Waals surface area contributed by atoms with Crippen LogP contribution in [0.3, 0.4) is 0 Å². The van der Waals surface area contributed by atoms with Gasteiger partial charge in [0, 0.05) is 45.9 Å². The summed E-state index contributed by atoms with van der Waals surface area (Å²) >= 11 is 0. The topological polar surface area (TPSA) is 48.9 Å². The molecule has 2 N–H and O–H groups in total.